The zero-order valence-electron chi connectivity index (χ0n) is 16.5. The van der Waals surface area contributed by atoms with Crippen LogP contribution < -0.4 is 10.2 Å². The van der Waals surface area contributed by atoms with Crippen LogP contribution in [0.5, 0.6) is 0 Å². The van der Waals surface area contributed by atoms with Crippen molar-refractivity contribution < 1.29 is 9.59 Å². The first-order valence-electron chi connectivity index (χ1n) is 9.80. The summed E-state index contributed by atoms with van der Waals surface area (Å²) >= 11 is 0. The van der Waals surface area contributed by atoms with Gasteiger partial charge in [0.25, 0.3) is 0 Å². The third-order valence-electron chi connectivity index (χ3n) is 4.78. The number of hydrogen-bond donors (Lipinski definition) is 1. The predicted octanol–water partition coefficient (Wildman–Crippen LogP) is 3.88. The standard InChI is InChI=1S/C24H26N2O2/c1-18(2)11-14-23(27)25-16-15-24(28)26-17-21-9-4-3-7-19(21)12-13-20-8-5-6-10-22(20)26/h3-10,18H,11,14-17H2,1-2H3,(H,25,27). The lowest BCUT2D eigenvalue weighted by molar-refractivity contribution is -0.121. The van der Waals surface area contributed by atoms with Gasteiger partial charge in [0.05, 0.1) is 12.2 Å². The van der Waals surface area contributed by atoms with Gasteiger partial charge in [-0.25, -0.2) is 0 Å². The molecule has 0 aliphatic carbocycles. The molecule has 0 radical (unpaired) electrons. The SMILES string of the molecule is CC(C)CCC(=O)NCCC(=O)N1Cc2ccccc2C#Cc2ccccc21. The lowest BCUT2D eigenvalue weighted by atomic mass is 10.0. The van der Waals surface area contributed by atoms with E-state index >= 15 is 0 Å². The van der Waals surface area contributed by atoms with Crippen LogP contribution in [0.2, 0.25) is 0 Å². The van der Waals surface area contributed by atoms with E-state index in [1.54, 1.807) is 4.90 Å². The molecular weight excluding hydrogens is 348 g/mol. The highest BCUT2D eigenvalue weighted by atomic mass is 16.2. The van der Waals surface area contributed by atoms with E-state index in [1.165, 1.54) is 0 Å². The summed E-state index contributed by atoms with van der Waals surface area (Å²) in [4.78, 5) is 26.7. The van der Waals surface area contributed by atoms with Gasteiger partial charge in [0.1, 0.15) is 0 Å². The highest BCUT2D eigenvalue weighted by molar-refractivity contribution is 5.95. The molecule has 3 rings (SSSR count). The van der Waals surface area contributed by atoms with Gasteiger partial charge in [-0.2, -0.15) is 0 Å². The maximum Gasteiger partial charge on any atom is 0.229 e. The number of benzene rings is 2. The molecule has 0 bridgehead atoms. The molecule has 0 saturated carbocycles. The zero-order valence-corrected chi connectivity index (χ0v) is 16.5. The molecule has 1 N–H and O–H groups in total. The van der Waals surface area contributed by atoms with Crippen LogP contribution in [0.4, 0.5) is 5.69 Å². The lowest BCUT2D eigenvalue weighted by Gasteiger charge is -2.26. The van der Waals surface area contributed by atoms with E-state index in [2.05, 4.69) is 31.0 Å². The van der Waals surface area contributed by atoms with Gasteiger partial charge in [-0.3, -0.25) is 9.59 Å². The van der Waals surface area contributed by atoms with E-state index in [1.807, 2.05) is 48.5 Å². The van der Waals surface area contributed by atoms with E-state index < -0.39 is 0 Å². The number of hydrogen-bond acceptors (Lipinski definition) is 2. The molecule has 2 amide bonds. The maximum absolute atomic E-state index is 13.0. The molecule has 0 aromatic heterocycles. The van der Waals surface area contributed by atoms with Crippen molar-refractivity contribution in [2.24, 2.45) is 5.92 Å². The van der Waals surface area contributed by atoms with Gasteiger partial charge in [0.15, 0.2) is 0 Å². The molecule has 0 saturated heterocycles. The van der Waals surface area contributed by atoms with E-state index in [-0.39, 0.29) is 18.2 Å². The Bertz CT molecular complexity index is 921. The molecule has 0 unspecified atom stereocenters. The minimum atomic E-state index is -0.0184. The Balaban J connectivity index is 1.73. The minimum absolute atomic E-state index is 0.00535. The first-order valence-corrected chi connectivity index (χ1v) is 9.80. The third-order valence-corrected chi connectivity index (χ3v) is 4.78. The van der Waals surface area contributed by atoms with E-state index in [9.17, 15) is 9.59 Å². The Hall–Kier alpha value is -3.06. The molecule has 144 valence electrons. The number of para-hydroxylation sites is 1. The smallest absolute Gasteiger partial charge is 0.229 e. The summed E-state index contributed by atoms with van der Waals surface area (Å²) < 4.78 is 0. The Morgan fingerprint density at radius 2 is 1.68 bits per heavy atom. The second kappa shape index (κ2) is 9.23. The Labute approximate surface area is 166 Å². The lowest BCUT2D eigenvalue weighted by Crippen LogP contribution is -2.35. The molecule has 0 fully saturated rings. The Morgan fingerprint density at radius 1 is 1.00 bits per heavy atom. The van der Waals surface area contributed by atoms with Crippen molar-refractivity contribution in [1.29, 1.82) is 0 Å². The molecular formula is C24H26N2O2. The first kappa shape index (κ1) is 19.7. The van der Waals surface area contributed by atoms with Crippen LogP contribution in [-0.4, -0.2) is 18.4 Å². The molecule has 1 heterocycles. The van der Waals surface area contributed by atoms with Gasteiger partial charge >= 0.3 is 0 Å². The number of anilines is 1. The fourth-order valence-electron chi connectivity index (χ4n) is 3.16. The van der Waals surface area contributed by atoms with Crippen LogP contribution in [0.3, 0.4) is 0 Å². The number of carbonyl (C=O) groups excluding carboxylic acids is 2. The highest BCUT2D eigenvalue weighted by Gasteiger charge is 2.20. The predicted molar refractivity (Wildman–Crippen MR) is 112 cm³/mol. The van der Waals surface area contributed by atoms with Crippen LogP contribution in [-0.2, 0) is 16.1 Å². The normalized spacial score (nSPS) is 12.2. The van der Waals surface area contributed by atoms with Crippen LogP contribution in [0.15, 0.2) is 48.5 Å². The maximum atomic E-state index is 13.0. The van der Waals surface area contributed by atoms with Crippen molar-refractivity contribution >= 4 is 17.5 Å². The van der Waals surface area contributed by atoms with Crippen molar-refractivity contribution in [3.8, 4) is 11.8 Å². The first-order chi connectivity index (χ1) is 13.5. The molecule has 1 aliphatic heterocycles. The fourth-order valence-corrected chi connectivity index (χ4v) is 3.16. The number of carbonyl (C=O) groups is 2. The topological polar surface area (TPSA) is 49.4 Å². The molecule has 2 aromatic rings. The van der Waals surface area contributed by atoms with E-state index in [0.717, 1.165) is 28.8 Å². The Morgan fingerprint density at radius 3 is 2.46 bits per heavy atom. The summed E-state index contributed by atoms with van der Waals surface area (Å²) in [5.41, 5.74) is 3.63. The van der Waals surface area contributed by atoms with Gasteiger partial charge in [-0.05, 0) is 36.1 Å². The average molecular weight is 374 g/mol. The molecule has 0 spiro atoms. The molecule has 28 heavy (non-hydrogen) atoms. The van der Waals surface area contributed by atoms with Gasteiger partial charge in [-0.15, -0.1) is 0 Å². The third kappa shape index (κ3) is 5.01. The van der Waals surface area contributed by atoms with Gasteiger partial charge < -0.3 is 10.2 Å². The molecule has 4 nitrogen and oxygen atoms in total. The van der Waals surface area contributed by atoms with Crippen molar-refractivity contribution in [1.82, 2.24) is 5.32 Å². The number of rotatable bonds is 6. The van der Waals surface area contributed by atoms with Gasteiger partial charge in [0.2, 0.25) is 11.8 Å². The summed E-state index contributed by atoms with van der Waals surface area (Å²) in [5, 5.41) is 2.86. The molecule has 4 heteroatoms. The highest BCUT2D eigenvalue weighted by Crippen LogP contribution is 2.25. The summed E-state index contributed by atoms with van der Waals surface area (Å²) in [6.07, 6.45) is 1.62. The monoisotopic (exact) mass is 374 g/mol. The van der Waals surface area contributed by atoms with Crippen LogP contribution >= 0.6 is 0 Å². The van der Waals surface area contributed by atoms with Crippen molar-refractivity contribution in [2.45, 2.75) is 39.7 Å². The van der Waals surface area contributed by atoms with Crippen LogP contribution in [0, 0.1) is 17.8 Å². The van der Waals surface area contributed by atoms with Crippen molar-refractivity contribution in [3.63, 3.8) is 0 Å². The zero-order chi connectivity index (χ0) is 19.9. The average Bonchev–Trinajstić information content (AvgIpc) is 2.68. The molecule has 1 aliphatic rings. The van der Waals surface area contributed by atoms with Crippen molar-refractivity contribution in [3.05, 3.63) is 65.2 Å². The van der Waals surface area contributed by atoms with Gasteiger partial charge in [-0.1, -0.05) is 56.0 Å². The molecule has 2 aromatic carbocycles. The number of fused-ring (bicyclic) bond motifs is 2. The van der Waals surface area contributed by atoms with Crippen LogP contribution in [0.1, 0.15) is 49.8 Å². The summed E-state index contributed by atoms with van der Waals surface area (Å²) in [7, 11) is 0. The summed E-state index contributed by atoms with van der Waals surface area (Å²) in [6.45, 7) is 5.01. The second-order valence-corrected chi connectivity index (χ2v) is 7.44. The van der Waals surface area contributed by atoms with Crippen LogP contribution in [0.25, 0.3) is 0 Å². The van der Waals surface area contributed by atoms with Crippen molar-refractivity contribution in [2.75, 3.05) is 11.4 Å². The van der Waals surface area contributed by atoms with E-state index in [0.29, 0.717) is 25.4 Å². The fraction of sp³-hybridized carbons (Fsp3) is 0.333. The number of nitrogens with zero attached hydrogens (tertiary/aromatic N) is 1. The number of amides is 2. The quantitative estimate of drug-likeness (QED) is 0.780. The Kier molecular flexibility index (Phi) is 6.49. The summed E-state index contributed by atoms with van der Waals surface area (Å²) in [6, 6.07) is 15.6. The largest absolute Gasteiger partial charge is 0.356 e. The second-order valence-electron chi connectivity index (χ2n) is 7.44. The summed E-state index contributed by atoms with van der Waals surface area (Å²) in [5.74, 6) is 6.89. The minimum Gasteiger partial charge on any atom is -0.356 e. The van der Waals surface area contributed by atoms with E-state index in [4.69, 9.17) is 0 Å². The molecule has 0 atom stereocenters. The number of nitrogens with one attached hydrogen (secondary N) is 1. The van der Waals surface area contributed by atoms with Gasteiger partial charge in [0, 0.05) is 30.5 Å².